The number of amides is 1. The van der Waals surface area contributed by atoms with Crippen molar-refractivity contribution >= 4 is 45.4 Å². The molecule has 4 heterocycles. The van der Waals surface area contributed by atoms with Gasteiger partial charge in [0.05, 0.1) is 10.5 Å². The third-order valence-electron chi connectivity index (χ3n) is 7.23. The Morgan fingerprint density at radius 3 is 2.73 bits per heavy atom. The lowest BCUT2D eigenvalue weighted by atomic mass is 10.1. The summed E-state index contributed by atoms with van der Waals surface area (Å²) in [5, 5.41) is 19.8. The quantitative estimate of drug-likeness (QED) is 0.276. The molecule has 0 saturated carbocycles. The van der Waals surface area contributed by atoms with E-state index in [0.29, 0.717) is 10.8 Å². The number of anilines is 1. The van der Waals surface area contributed by atoms with Crippen LogP contribution in [0.1, 0.15) is 37.3 Å². The minimum absolute atomic E-state index is 0.00727. The van der Waals surface area contributed by atoms with E-state index in [9.17, 15) is 4.79 Å². The average Bonchev–Trinajstić information content (AvgIpc) is 3.69. The molecule has 0 bridgehead atoms. The van der Waals surface area contributed by atoms with Crippen LogP contribution in [0.5, 0.6) is 5.75 Å². The zero-order valence-electron chi connectivity index (χ0n) is 20.5. The number of nitrogens with one attached hydrogen (secondary N) is 3. The lowest BCUT2D eigenvalue weighted by molar-refractivity contribution is -0.121. The Kier molecular flexibility index (Phi) is 7.15. The standard InChI is InChI=1S/C28H30ClN5O2S/c29-23-15-18(3-6-25(23)36-21-7-10-30-11-8-21)26-22-16-20(4-5-24(22)32-33-26)31-28(35)27(19-9-14-37-17-19)34-12-1-2-13-34/h3-6,9,14-17,21,27,30H,1-2,7-8,10-13H2,(H,31,35)(H,32,33). The van der Waals surface area contributed by atoms with Gasteiger partial charge in [-0.05, 0) is 111 Å². The first-order valence-electron chi connectivity index (χ1n) is 12.9. The summed E-state index contributed by atoms with van der Waals surface area (Å²) in [6, 6.07) is 13.4. The van der Waals surface area contributed by atoms with Crippen LogP contribution < -0.4 is 15.4 Å². The number of likely N-dealkylation sites (tertiary alicyclic amines) is 1. The third-order valence-corrected chi connectivity index (χ3v) is 8.23. The van der Waals surface area contributed by atoms with Crippen molar-refractivity contribution in [3.05, 3.63) is 63.8 Å². The molecular formula is C28H30ClN5O2S. The van der Waals surface area contributed by atoms with Crippen molar-refractivity contribution in [3.63, 3.8) is 0 Å². The molecule has 2 aliphatic heterocycles. The number of H-pyrrole nitrogens is 1. The molecule has 2 saturated heterocycles. The number of aromatic amines is 1. The maximum atomic E-state index is 13.5. The van der Waals surface area contributed by atoms with Crippen LogP contribution in [0.4, 0.5) is 5.69 Å². The van der Waals surface area contributed by atoms with Gasteiger partial charge in [-0.15, -0.1) is 0 Å². The highest BCUT2D eigenvalue weighted by atomic mass is 35.5. The topological polar surface area (TPSA) is 82.3 Å². The van der Waals surface area contributed by atoms with Gasteiger partial charge in [0.2, 0.25) is 5.91 Å². The number of nitrogens with zero attached hydrogens (tertiary/aromatic N) is 2. The molecule has 1 unspecified atom stereocenters. The first-order chi connectivity index (χ1) is 18.2. The van der Waals surface area contributed by atoms with Crippen LogP contribution >= 0.6 is 22.9 Å². The SMILES string of the molecule is O=C(Nc1ccc2[nH]nc(-c3ccc(OC4CCNCC4)c(Cl)c3)c2c1)C(c1ccsc1)N1CCCC1. The van der Waals surface area contributed by atoms with Crippen LogP contribution in [0, 0.1) is 0 Å². The number of rotatable bonds is 7. The van der Waals surface area contributed by atoms with Gasteiger partial charge in [0.15, 0.2) is 0 Å². The Hall–Kier alpha value is -2.91. The van der Waals surface area contributed by atoms with Crippen molar-refractivity contribution < 1.29 is 9.53 Å². The van der Waals surface area contributed by atoms with Crippen LogP contribution in [0.15, 0.2) is 53.2 Å². The molecule has 9 heteroatoms. The highest BCUT2D eigenvalue weighted by Crippen LogP contribution is 2.35. The molecule has 1 amide bonds. The van der Waals surface area contributed by atoms with Gasteiger partial charge in [-0.25, -0.2) is 0 Å². The molecule has 2 aromatic carbocycles. The van der Waals surface area contributed by atoms with Crippen molar-refractivity contribution in [1.82, 2.24) is 20.4 Å². The number of carbonyl (C=O) groups is 1. The van der Waals surface area contributed by atoms with Gasteiger partial charge in [-0.1, -0.05) is 11.6 Å². The lowest BCUT2D eigenvalue weighted by Gasteiger charge is -2.26. The van der Waals surface area contributed by atoms with Gasteiger partial charge >= 0.3 is 0 Å². The van der Waals surface area contributed by atoms with E-state index in [1.807, 2.05) is 47.8 Å². The lowest BCUT2D eigenvalue weighted by Crippen LogP contribution is -2.35. The second kappa shape index (κ2) is 10.8. The Labute approximate surface area is 225 Å². The van der Waals surface area contributed by atoms with E-state index in [1.54, 1.807) is 11.3 Å². The van der Waals surface area contributed by atoms with Crippen LogP contribution in [0.2, 0.25) is 5.02 Å². The number of halogens is 1. The number of piperidine rings is 1. The fourth-order valence-corrected chi connectivity index (χ4v) is 6.22. The molecule has 0 radical (unpaired) electrons. The number of ether oxygens (including phenoxy) is 1. The number of hydrogen-bond donors (Lipinski definition) is 3. The van der Waals surface area contributed by atoms with E-state index in [-0.39, 0.29) is 18.1 Å². The molecule has 4 aromatic rings. The fourth-order valence-electron chi connectivity index (χ4n) is 5.32. The number of fused-ring (bicyclic) bond motifs is 1. The van der Waals surface area contributed by atoms with E-state index < -0.39 is 0 Å². The molecule has 3 N–H and O–H groups in total. The second-order valence-electron chi connectivity index (χ2n) is 9.74. The number of aromatic nitrogens is 2. The van der Waals surface area contributed by atoms with Gasteiger partial charge in [0.25, 0.3) is 0 Å². The molecular weight excluding hydrogens is 506 g/mol. The predicted molar refractivity (Wildman–Crippen MR) is 150 cm³/mol. The highest BCUT2D eigenvalue weighted by molar-refractivity contribution is 7.08. The predicted octanol–water partition coefficient (Wildman–Crippen LogP) is 5.85. The molecule has 2 fully saturated rings. The summed E-state index contributed by atoms with van der Waals surface area (Å²) in [6.07, 6.45) is 4.38. The van der Waals surface area contributed by atoms with E-state index in [0.717, 1.165) is 85.3 Å². The van der Waals surface area contributed by atoms with Crippen molar-refractivity contribution in [2.75, 3.05) is 31.5 Å². The van der Waals surface area contributed by atoms with Gasteiger partial charge in [-0.2, -0.15) is 16.4 Å². The maximum Gasteiger partial charge on any atom is 0.246 e. The molecule has 1 atom stereocenters. The van der Waals surface area contributed by atoms with E-state index in [4.69, 9.17) is 16.3 Å². The summed E-state index contributed by atoms with van der Waals surface area (Å²) in [7, 11) is 0. The summed E-state index contributed by atoms with van der Waals surface area (Å²) < 4.78 is 6.15. The number of thiophene rings is 1. The summed E-state index contributed by atoms with van der Waals surface area (Å²) in [5.41, 5.74) is 4.38. The molecule has 2 aliphatic rings. The van der Waals surface area contributed by atoms with E-state index in [2.05, 4.69) is 31.1 Å². The average molecular weight is 536 g/mol. The van der Waals surface area contributed by atoms with Crippen molar-refractivity contribution in [1.29, 1.82) is 0 Å². The Morgan fingerprint density at radius 1 is 1.14 bits per heavy atom. The van der Waals surface area contributed by atoms with Crippen LogP contribution in [-0.2, 0) is 4.79 Å². The minimum atomic E-state index is -0.278. The van der Waals surface area contributed by atoms with Crippen LogP contribution in [0.25, 0.3) is 22.2 Å². The second-order valence-corrected chi connectivity index (χ2v) is 10.9. The molecule has 2 aromatic heterocycles. The molecule has 0 aliphatic carbocycles. The summed E-state index contributed by atoms with van der Waals surface area (Å²) in [6.45, 7) is 3.81. The van der Waals surface area contributed by atoms with Gasteiger partial charge in [0, 0.05) is 16.6 Å². The minimum Gasteiger partial charge on any atom is -0.489 e. The van der Waals surface area contributed by atoms with Crippen molar-refractivity contribution in [3.8, 4) is 17.0 Å². The number of carbonyl (C=O) groups excluding carboxylic acids is 1. The Balaban J connectivity index is 1.24. The maximum absolute atomic E-state index is 13.5. The van der Waals surface area contributed by atoms with Crippen LogP contribution in [-0.4, -0.2) is 53.3 Å². The van der Waals surface area contributed by atoms with Crippen molar-refractivity contribution in [2.24, 2.45) is 0 Å². The first-order valence-corrected chi connectivity index (χ1v) is 14.2. The van der Waals surface area contributed by atoms with Gasteiger partial charge < -0.3 is 15.4 Å². The summed E-state index contributed by atoms with van der Waals surface area (Å²) >= 11 is 8.25. The summed E-state index contributed by atoms with van der Waals surface area (Å²) in [4.78, 5) is 15.7. The van der Waals surface area contributed by atoms with E-state index >= 15 is 0 Å². The molecule has 7 nitrogen and oxygen atoms in total. The molecule has 37 heavy (non-hydrogen) atoms. The monoisotopic (exact) mass is 535 g/mol. The Morgan fingerprint density at radius 2 is 1.97 bits per heavy atom. The van der Waals surface area contributed by atoms with Gasteiger partial charge in [-0.3, -0.25) is 14.8 Å². The van der Waals surface area contributed by atoms with Crippen LogP contribution in [0.3, 0.4) is 0 Å². The molecule has 0 spiro atoms. The number of benzene rings is 2. The highest BCUT2D eigenvalue weighted by Gasteiger charge is 2.30. The molecule has 192 valence electrons. The van der Waals surface area contributed by atoms with Crippen molar-refractivity contribution in [2.45, 2.75) is 37.8 Å². The smallest absolute Gasteiger partial charge is 0.246 e. The largest absolute Gasteiger partial charge is 0.489 e. The number of hydrogen-bond acceptors (Lipinski definition) is 6. The normalized spacial score (nSPS) is 17.8. The Bertz CT molecular complexity index is 1380. The zero-order valence-corrected chi connectivity index (χ0v) is 22.1. The van der Waals surface area contributed by atoms with E-state index in [1.165, 1.54) is 0 Å². The molecule has 6 rings (SSSR count). The fraction of sp³-hybridized carbons (Fsp3) is 0.357. The zero-order chi connectivity index (χ0) is 25.2. The third kappa shape index (κ3) is 5.25. The summed E-state index contributed by atoms with van der Waals surface area (Å²) in [5.74, 6) is 0.693. The first kappa shape index (κ1) is 24.4. The van der Waals surface area contributed by atoms with Gasteiger partial charge in [0.1, 0.15) is 23.6 Å².